The van der Waals surface area contributed by atoms with E-state index in [0.29, 0.717) is 24.2 Å². The van der Waals surface area contributed by atoms with Crippen LogP contribution < -0.4 is 5.32 Å². The monoisotopic (exact) mass is 384 g/mol. The number of likely N-dealkylation sites (tertiary alicyclic amines) is 1. The Balaban J connectivity index is 1.75. The molecular formula is C20H24N4O4. The molecule has 2 heterocycles. The van der Waals surface area contributed by atoms with Crippen molar-refractivity contribution in [1.82, 2.24) is 14.7 Å². The minimum absolute atomic E-state index is 0.147. The van der Waals surface area contributed by atoms with Crippen LogP contribution in [0.15, 0.2) is 36.5 Å². The number of amides is 2. The van der Waals surface area contributed by atoms with E-state index in [2.05, 4.69) is 10.4 Å². The van der Waals surface area contributed by atoms with Gasteiger partial charge in [0.15, 0.2) is 5.69 Å². The third kappa shape index (κ3) is 4.21. The summed E-state index contributed by atoms with van der Waals surface area (Å²) in [5.74, 6) is -1.70. The number of rotatable bonds is 5. The molecule has 0 bridgehead atoms. The Morgan fingerprint density at radius 3 is 2.68 bits per heavy atom. The first-order valence-corrected chi connectivity index (χ1v) is 9.37. The molecular weight excluding hydrogens is 360 g/mol. The number of hydrogen-bond donors (Lipinski definition) is 2. The van der Waals surface area contributed by atoms with E-state index in [-0.39, 0.29) is 23.6 Å². The van der Waals surface area contributed by atoms with Gasteiger partial charge in [-0.3, -0.25) is 14.3 Å². The fourth-order valence-corrected chi connectivity index (χ4v) is 3.27. The summed E-state index contributed by atoms with van der Waals surface area (Å²) in [6.07, 6.45) is 3.77. The van der Waals surface area contributed by atoms with Crippen LogP contribution in [-0.2, 0) is 4.79 Å². The first-order chi connectivity index (χ1) is 13.4. The number of nitrogens with zero attached hydrogens (tertiary/aromatic N) is 3. The fourth-order valence-electron chi connectivity index (χ4n) is 3.27. The van der Waals surface area contributed by atoms with E-state index in [1.807, 2.05) is 13.8 Å². The molecule has 1 aromatic heterocycles. The molecule has 0 saturated carbocycles. The topological polar surface area (TPSA) is 105 Å². The molecule has 2 N–H and O–H groups in total. The van der Waals surface area contributed by atoms with Gasteiger partial charge in [0.25, 0.3) is 11.8 Å². The normalized spacial score (nSPS) is 16.8. The van der Waals surface area contributed by atoms with Gasteiger partial charge in [0.2, 0.25) is 0 Å². The van der Waals surface area contributed by atoms with E-state index < -0.39 is 12.0 Å². The Labute approximate surface area is 163 Å². The summed E-state index contributed by atoms with van der Waals surface area (Å²) < 4.78 is 1.69. The SMILES string of the molecule is CC(C)n1ccc(C(=O)Nc2cccc(C(=O)N3CCCCC3C(=O)O)c2)n1. The van der Waals surface area contributed by atoms with Crippen molar-refractivity contribution in [3.63, 3.8) is 0 Å². The Kier molecular flexibility index (Phi) is 5.77. The number of anilines is 1. The first kappa shape index (κ1) is 19.6. The number of aromatic nitrogens is 2. The molecule has 1 fully saturated rings. The van der Waals surface area contributed by atoms with E-state index in [4.69, 9.17) is 0 Å². The predicted octanol–water partition coefficient (Wildman–Crippen LogP) is 2.80. The molecule has 1 atom stereocenters. The van der Waals surface area contributed by atoms with Gasteiger partial charge >= 0.3 is 5.97 Å². The van der Waals surface area contributed by atoms with Crippen LogP contribution in [0.3, 0.4) is 0 Å². The molecule has 1 aliphatic rings. The van der Waals surface area contributed by atoms with Crippen LogP contribution in [0, 0.1) is 0 Å². The summed E-state index contributed by atoms with van der Waals surface area (Å²) in [5.41, 5.74) is 1.09. The van der Waals surface area contributed by atoms with Crippen LogP contribution in [0.1, 0.15) is 60.0 Å². The van der Waals surface area contributed by atoms with Gasteiger partial charge in [0.05, 0.1) is 0 Å². The van der Waals surface area contributed by atoms with Gasteiger partial charge in [-0.2, -0.15) is 5.10 Å². The molecule has 8 nitrogen and oxygen atoms in total. The second-order valence-corrected chi connectivity index (χ2v) is 7.16. The first-order valence-electron chi connectivity index (χ1n) is 9.37. The molecule has 0 spiro atoms. The van der Waals surface area contributed by atoms with E-state index >= 15 is 0 Å². The standard InChI is InChI=1S/C20H24N4O4/c1-13(2)24-11-9-16(22-24)18(25)21-15-7-5-6-14(12-15)19(26)23-10-4-3-8-17(23)20(27)28/h5-7,9,11-13,17H,3-4,8,10H2,1-2H3,(H,21,25)(H,27,28). The van der Waals surface area contributed by atoms with Crippen LogP contribution >= 0.6 is 0 Å². The lowest BCUT2D eigenvalue weighted by molar-refractivity contribution is -0.143. The van der Waals surface area contributed by atoms with Crippen molar-refractivity contribution in [2.75, 3.05) is 11.9 Å². The molecule has 3 rings (SSSR count). The van der Waals surface area contributed by atoms with Gasteiger partial charge < -0.3 is 15.3 Å². The average Bonchev–Trinajstić information content (AvgIpc) is 3.18. The highest BCUT2D eigenvalue weighted by molar-refractivity contribution is 6.04. The lowest BCUT2D eigenvalue weighted by atomic mass is 10.0. The average molecular weight is 384 g/mol. The molecule has 0 aliphatic carbocycles. The summed E-state index contributed by atoms with van der Waals surface area (Å²) >= 11 is 0. The van der Waals surface area contributed by atoms with Crippen molar-refractivity contribution in [2.45, 2.75) is 45.2 Å². The third-order valence-corrected chi connectivity index (χ3v) is 4.79. The van der Waals surface area contributed by atoms with E-state index in [1.165, 1.54) is 4.90 Å². The number of aliphatic carboxylic acids is 1. The molecule has 1 saturated heterocycles. The molecule has 1 unspecified atom stereocenters. The summed E-state index contributed by atoms with van der Waals surface area (Å²) in [6, 6.07) is 7.50. The van der Waals surface area contributed by atoms with E-state index in [1.54, 1.807) is 41.2 Å². The summed E-state index contributed by atoms with van der Waals surface area (Å²) in [7, 11) is 0. The second-order valence-electron chi connectivity index (χ2n) is 7.16. The zero-order valence-electron chi connectivity index (χ0n) is 16.0. The number of nitrogens with one attached hydrogen (secondary N) is 1. The number of carbonyl (C=O) groups excluding carboxylic acids is 2. The van der Waals surface area contributed by atoms with Gasteiger partial charge in [-0.15, -0.1) is 0 Å². The molecule has 8 heteroatoms. The van der Waals surface area contributed by atoms with Crippen LogP contribution in [0.5, 0.6) is 0 Å². The minimum Gasteiger partial charge on any atom is -0.480 e. The van der Waals surface area contributed by atoms with Crippen molar-refractivity contribution in [1.29, 1.82) is 0 Å². The maximum Gasteiger partial charge on any atom is 0.326 e. The second kappa shape index (κ2) is 8.24. The quantitative estimate of drug-likeness (QED) is 0.825. The maximum absolute atomic E-state index is 12.8. The van der Waals surface area contributed by atoms with Crippen LogP contribution in [-0.4, -0.2) is 50.2 Å². The summed E-state index contributed by atoms with van der Waals surface area (Å²) in [5, 5.41) is 16.4. The van der Waals surface area contributed by atoms with Crippen LogP contribution in [0.25, 0.3) is 0 Å². The fraction of sp³-hybridized carbons (Fsp3) is 0.400. The van der Waals surface area contributed by atoms with Crippen LogP contribution in [0.4, 0.5) is 5.69 Å². The smallest absolute Gasteiger partial charge is 0.326 e. The Bertz CT molecular complexity index is 890. The lowest BCUT2D eigenvalue weighted by Gasteiger charge is -2.33. The number of hydrogen-bond acceptors (Lipinski definition) is 4. The molecule has 0 radical (unpaired) electrons. The highest BCUT2D eigenvalue weighted by Gasteiger charge is 2.32. The maximum atomic E-state index is 12.8. The van der Waals surface area contributed by atoms with Gasteiger partial charge in [0, 0.05) is 30.0 Å². The molecule has 28 heavy (non-hydrogen) atoms. The number of carbonyl (C=O) groups is 3. The largest absolute Gasteiger partial charge is 0.480 e. The third-order valence-electron chi connectivity index (χ3n) is 4.79. The Morgan fingerprint density at radius 1 is 1.21 bits per heavy atom. The van der Waals surface area contributed by atoms with Crippen molar-refractivity contribution >= 4 is 23.5 Å². The molecule has 148 valence electrons. The van der Waals surface area contributed by atoms with Gasteiger partial charge in [-0.25, -0.2) is 4.79 Å². The van der Waals surface area contributed by atoms with Crippen molar-refractivity contribution in [2.24, 2.45) is 0 Å². The highest BCUT2D eigenvalue weighted by Crippen LogP contribution is 2.21. The predicted molar refractivity (Wildman–Crippen MR) is 103 cm³/mol. The zero-order valence-corrected chi connectivity index (χ0v) is 16.0. The van der Waals surface area contributed by atoms with Crippen molar-refractivity contribution < 1.29 is 19.5 Å². The summed E-state index contributed by atoms with van der Waals surface area (Å²) in [6.45, 7) is 4.35. The van der Waals surface area contributed by atoms with E-state index in [0.717, 1.165) is 12.8 Å². The molecule has 1 aromatic carbocycles. The van der Waals surface area contributed by atoms with Crippen LogP contribution in [0.2, 0.25) is 0 Å². The summed E-state index contributed by atoms with van der Waals surface area (Å²) in [4.78, 5) is 38.1. The van der Waals surface area contributed by atoms with Gasteiger partial charge in [-0.05, 0) is 57.4 Å². The Morgan fingerprint density at radius 2 is 2.00 bits per heavy atom. The van der Waals surface area contributed by atoms with E-state index in [9.17, 15) is 19.5 Å². The number of carboxylic acids is 1. The molecule has 2 aromatic rings. The zero-order chi connectivity index (χ0) is 20.3. The Hall–Kier alpha value is -3.16. The minimum atomic E-state index is -0.988. The number of carboxylic acid groups (broad SMARTS) is 1. The van der Waals surface area contributed by atoms with Gasteiger partial charge in [0.1, 0.15) is 6.04 Å². The van der Waals surface area contributed by atoms with Crippen molar-refractivity contribution in [3.8, 4) is 0 Å². The van der Waals surface area contributed by atoms with Gasteiger partial charge in [-0.1, -0.05) is 6.07 Å². The van der Waals surface area contributed by atoms with Crippen molar-refractivity contribution in [3.05, 3.63) is 47.8 Å². The molecule has 2 amide bonds. The number of piperidine rings is 1. The highest BCUT2D eigenvalue weighted by atomic mass is 16.4. The number of benzene rings is 1. The lowest BCUT2D eigenvalue weighted by Crippen LogP contribution is -2.48. The molecule has 1 aliphatic heterocycles.